The van der Waals surface area contributed by atoms with Crippen LogP contribution in [0.25, 0.3) is 0 Å². The number of benzene rings is 1. The van der Waals surface area contributed by atoms with Gasteiger partial charge < -0.3 is 31.0 Å². The molecule has 2 fully saturated rings. The van der Waals surface area contributed by atoms with Crippen molar-refractivity contribution >= 4 is 29.5 Å². The molecule has 1 aromatic rings. The molecule has 0 aromatic heterocycles. The Labute approximate surface area is 322 Å². The van der Waals surface area contributed by atoms with Gasteiger partial charge in [-0.2, -0.15) is 5.06 Å². The zero-order valence-corrected chi connectivity index (χ0v) is 33.9. The lowest BCUT2D eigenvalue weighted by atomic mass is 9.75. The molecule has 0 unspecified atom stereocenters. The highest BCUT2D eigenvalue weighted by Crippen LogP contribution is 2.40. The van der Waals surface area contributed by atoms with Gasteiger partial charge in [0.1, 0.15) is 18.1 Å². The van der Waals surface area contributed by atoms with Crippen LogP contribution in [0.1, 0.15) is 112 Å². The van der Waals surface area contributed by atoms with Gasteiger partial charge in [0, 0.05) is 55.5 Å². The third-order valence-corrected chi connectivity index (χ3v) is 11.3. The van der Waals surface area contributed by atoms with Crippen LogP contribution >= 0.6 is 0 Å². The van der Waals surface area contributed by atoms with Gasteiger partial charge in [-0.3, -0.25) is 24.0 Å². The molecule has 300 valence electrons. The van der Waals surface area contributed by atoms with Crippen LogP contribution in [0.3, 0.4) is 0 Å². The summed E-state index contributed by atoms with van der Waals surface area (Å²) in [4.78, 5) is 73.1. The fourth-order valence-corrected chi connectivity index (χ4v) is 8.36. The van der Waals surface area contributed by atoms with E-state index in [1.165, 1.54) is 5.06 Å². The molecule has 12 nitrogen and oxygen atoms in total. The summed E-state index contributed by atoms with van der Waals surface area (Å²) in [5, 5.41) is 21.3. The SMILES string of the molecule is CC(C)CC[C@H]1C(=O)N[C@H](Cc2ccccc2)C(=O)N2CCC[C@H]2C(=O)N[C@@H](C(C)C)/C=C/CN1C(=O)CCCNC(=O)C1CC(C)(C)N(O)C(C)(C)C1. The van der Waals surface area contributed by atoms with Gasteiger partial charge in [-0.05, 0) is 90.0 Å². The van der Waals surface area contributed by atoms with Crippen LogP contribution in [0.5, 0.6) is 0 Å². The van der Waals surface area contributed by atoms with Crippen molar-refractivity contribution in [1.82, 2.24) is 30.8 Å². The van der Waals surface area contributed by atoms with E-state index in [2.05, 4.69) is 29.8 Å². The Balaban J connectivity index is 1.58. The van der Waals surface area contributed by atoms with Crippen LogP contribution in [0.4, 0.5) is 0 Å². The van der Waals surface area contributed by atoms with Crippen LogP contribution in [-0.4, -0.2) is 104 Å². The first-order valence-electron chi connectivity index (χ1n) is 20.1. The minimum atomic E-state index is -0.922. The summed E-state index contributed by atoms with van der Waals surface area (Å²) in [6, 6.07) is 6.80. The number of rotatable bonds is 11. The number of fused-ring (bicyclic) bond motifs is 1. The molecule has 0 aliphatic carbocycles. The van der Waals surface area contributed by atoms with Crippen molar-refractivity contribution in [1.29, 1.82) is 0 Å². The first-order valence-corrected chi connectivity index (χ1v) is 20.1. The maximum Gasteiger partial charge on any atom is 0.246 e. The van der Waals surface area contributed by atoms with E-state index >= 15 is 0 Å². The number of hydrogen-bond donors (Lipinski definition) is 4. The highest BCUT2D eigenvalue weighted by molar-refractivity contribution is 5.95. The van der Waals surface area contributed by atoms with Crippen LogP contribution < -0.4 is 16.0 Å². The molecule has 2 saturated heterocycles. The Morgan fingerprint density at radius 1 is 0.963 bits per heavy atom. The Kier molecular flexibility index (Phi) is 14.9. The number of carbonyl (C=O) groups is 5. The third kappa shape index (κ3) is 11.1. The lowest BCUT2D eigenvalue weighted by molar-refractivity contribution is -0.249. The summed E-state index contributed by atoms with van der Waals surface area (Å²) < 4.78 is 0. The van der Waals surface area contributed by atoms with E-state index in [9.17, 15) is 29.2 Å². The number of amides is 5. The van der Waals surface area contributed by atoms with Gasteiger partial charge >= 0.3 is 0 Å². The van der Waals surface area contributed by atoms with E-state index in [1.54, 1.807) is 9.80 Å². The van der Waals surface area contributed by atoms with Crippen LogP contribution in [-0.2, 0) is 30.4 Å². The molecule has 3 aliphatic rings. The molecule has 54 heavy (non-hydrogen) atoms. The number of carbonyl (C=O) groups excluding carboxylic acids is 5. The van der Waals surface area contributed by atoms with Gasteiger partial charge in [-0.1, -0.05) is 70.2 Å². The molecule has 0 saturated carbocycles. The normalized spacial score (nSPS) is 26.2. The summed E-state index contributed by atoms with van der Waals surface area (Å²) in [5.41, 5.74) is -0.241. The second kappa shape index (κ2) is 18.7. The first-order chi connectivity index (χ1) is 25.4. The molecule has 3 heterocycles. The fraction of sp³-hybridized carbons (Fsp3) is 0.690. The van der Waals surface area contributed by atoms with Crippen molar-refractivity contribution < 1.29 is 29.2 Å². The van der Waals surface area contributed by atoms with Crippen molar-refractivity contribution in [2.24, 2.45) is 17.8 Å². The van der Waals surface area contributed by atoms with Gasteiger partial charge in [-0.15, -0.1) is 0 Å². The Morgan fingerprint density at radius 3 is 2.26 bits per heavy atom. The zero-order chi connectivity index (χ0) is 39.8. The summed E-state index contributed by atoms with van der Waals surface area (Å²) in [5.74, 6) is -1.19. The molecular formula is C42H66N6O6. The van der Waals surface area contributed by atoms with Gasteiger partial charge in [0.25, 0.3) is 0 Å². The van der Waals surface area contributed by atoms with Crippen LogP contribution in [0, 0.1) is 17.8 Å². The lowest BCUT2D eigenvalue weighted by Gasteiger charge is -2.51. The monoisotopic (exact) mass is 751 g/mol. The average molecular weight is 751 g/mol. The number of nitrogens with zero attached hydrogens (tertiary/aromatic N) is 3. The molecule has 4 N–H and O–H groups in total. The number of hydroxylamine groups is 2. The topological polar surface area (TPSA) is 151 Å². The predicted molar refractivity (Wildman–Crippen MR) is 209 cm³/mol. The minimum Gasteiger partial charge on any atom is -0.356 e. The minimum absolute atomic E-state index is 0.0445. The molecule has 3 aliphatic heterocycles. The first kappa shape index (κ1) is 43.0. The highest BCUT2D eigenvalue weighted by Gasteiger charge is 2.47. The molecule has 4 rings (SSSR count). The lowest BCUT2D eigenvalue weighted by Crippen LogP contribution is -2.60. The number of piperidine rings is 1. The van der Waals surface area contributed by atoms with E-state index in [-0.39, 0.29) is 66.8 Å². The Hall–Kier alpha value is -3.77. The summed E-state index contributed by atoms with van der Waals surface area (Å²) in [6.07, 6.45) is 7.86. The van der Waals surface area contributed by atoms with Crippen molar-refractivity contribution in [2.75, 3.05) is 19.6 Å². The standard InChI is InChI=1S/C42H66N6O6/c1-28(2)20-21-35-39(52)45-33(25-30-15-10-9-11-16-30)40(53)47-24-14-18-34(47)38(51)44-32(29(3)4)17-13-23-46(35)36(49)19-12-22-43-37(50)31-26-41(5,6)48(54)42(7,8)27-31/h9-11,13,15-17,28-29,31-35,54H,12,14,18-27H2,1-8H3,(H,43,50)(H,44,51)(H,45,52)/b17-13+/t32-,33-,34+,35+/m1/s1. The van der Waals surface area contributed by atoms with Crippen molar-refractivity contribution in [3.05, 3.63) is 48.0 Å². The van der Waals surface area contributed by atoms with E-state index in [0.29, 0.717) is 58.0 Å². The molecular weight excluding hydrogens is 684 g/mol. The Bertz CT molecular complexity index is 1470. The van der Waals surface area contributed by atoms with Crippen LogP contribution in [0.2, 0.25) is 0 Å². The molecule has 12 heteroatoms. The molecule has 5 amide bonds. The van der Waals surface area contributed by atoms with Crippen molar-refractivity contribution in [3.63, 3.8) is 0 Å². The van der Waals surface area contributed by atoms with Gasteiger partial charge in [-0.25, -0.2) is 0 Å². The van der Waals surface area contributed by atoms with Gasteiger partial charge in [0.15, 0.2) is 0 Å². The average Bonchev–Trinajstić information content (AvgIpc) is 3.60. The quantitative estimate of drug-likeness (QED) is 0.191. The number of nitrogens with one attached hydrogen (secondary N) is 3. The smallest absolute Gasteiger partial charge is 0.246 e. The maximum atomic E-state index is 14.5. The van der Waals surface area contributed by atoms with E-state index in [4.69, 9.17) is 0 Å². The summed E-state index contributed by atoms with van der Waals surface area (Å²) in [7, 11) is 0. The fourth-order valence-electron chi connectivity index (χ4n) is 8.36. The zero-order valence-electron chi connectivity index (χ0n) is 33.9. The highest BCUT2D eigenvalue weighted by atomic mass is 16.5. The van der Waals surface area contributed by atoms with Crippen molar-refractivity contribution in [2.45, 2.75) is 148 Å². The Morgan fingerprint density at radius 2 is 1.63 bits per heavy atom. The third-order valence-electron chi connectivity index (χ3n) is 11.3. The van der Waals surface area contributed by atoms with E-state index in [1.807, 2.05) is 84.0 Å². The molecule has 0 spiro atoms. The second-order valence-corrected chi connectivity index (χ2v) is 17.6. The largest absolute Gasteiger partial charge is 0.356 e. The maximum absolute atomic E-state index is 14.5. The summed E-state index contributed by atoms with van der Waals surface area (Å²) in [6.45, 7) is 16.7. The van der Waals surface area contributed by atoms with Crippen LogP contribution in [0.15, 0.2) is 42.5 Å². The molecule has 0 bridgehead atoms. The van der Waals surface area contributed by atoms with Gasteiger partial charge in [0.05, 0.1) is 0 Å². The number of hydrogen-bond acceptors (Lipinski definition) is 7. The predicted octanol–water partition coefficient (Wildman–Crippen LogP) is 4.60. The molecule has 4 atom stereocenters. The molecule has 0 radical (unpaired) electrons. The van der Waals surface area contributed by atoms with E-state index < -0.39 is 35.1 Å². The summed E-state index contributed by atoms with van der Waals surface area (Å²) >= 11 is 0. The molecule has 1 aromatic carbocycles. The van der Waals surface area contributed by atoms with E-state index in [0.717, 1.165) is 5.56 Å². The van der Waals surface area contributed by atoms with Gasteiger partial charge in [0.2, 0.25) is 29.5 Å². The second-order valence-electron chi connectivity index (χ2n) is 17.6. The van der Waals surface area contributed by atoms with Crippen molar-refractivity contribution in [3.8, 4) is 0 Å².